The summed E-state index contributed by atoms with van der Waals surface area (Å²) in [4.78, 5) is 13.9. The highest BCUT2D eigenvalue weighted by atomic mass is 16.3. The number of benzene rings is 7. The second-order valence-electron chi connectivity index (χ2n) is 12.8. The lowest BCUT2D eigenvalue weighted by Gasteiger charge is -2.12. The number of furan rings is 1. The van der Waals surface area contributed by atoms with Crippen molar-refractivity contribution in [1.29, 1.82) is 0 Å². The van der Waals surface area contributed by atoms with Crippen LogP contribution < -0.4 is 0 Å². The minimum Gasteiger partial charge on any atom is -0.456 e. The van der Waals surface area contributed by atoms with E-state index in [9.17, 15) is 0 Å². The number of aromatic nitrogens is 3. The predicted molar refractivity (Wildman–Crippen MR) is 212 cm³/mol. The maximum atomic E-state index is 8.24. The molecule has 0 fully saturated rings. The maximum absolute atomic E-state index is 8.24. The van der Waals surface area contributed by atoms with Gasteiger partial charge in [-0.3, -0.25) is 0 Å². The van der Waals surface area contributed by atoms with Gasteiger partial charge in [0.05, 0.1) is 29.0 Å². The van der Waals surface area contributed by atoms with E-state index in [2.05, 4.69) is 106 Å². The van der Waals surface area contributed by atoms with Gasteiger partial charge in [0.1, 0.15) is 11.2 Å². The van der Waals surface area contributed by atoms with Gasteiger partial charge < -0.3 is 8.98 Å². The average Bonchev–Trinajstić information content (AvgIpc) is 3.76. The Kier molecular flexibility index (Phi) is 6.80. The van der Waals surface area contributed by atoms with Gasteiger partial charge in [0.2, 0.25) is 5.69 Å². The fourth-order valence-electron chi connectivity index (χ4n) is 7.48. The molecule has 0 saturated heterocycles. The molecule has 7 aromatic carbocycles. The van der Waals surface area contributed by atoms with Crippen molar-refractivity contribution >= 4 is 49.4 Å². The van der Waals surface area contributed by atoms with Gasteiger partial charge in [0.25, 0.3) is 0 Å². The third-order valence-electron chi connectivity index (χ3n) is 9.84. The van der Waals surface area contributed by atoms with Crippen molar-refractivity contribution in [3.63, 3.8) is 0 Å². The van der Waals surface area contributed by atoms with Crippen LogP contribution in [0.15, 0.2) is 174 Å². The van der Waals surface area contributed by atoms with Gasteiger partial charge in [-0.05, 0) is 64.7 Å². The third kappa shape index (κ3) is 4.70. The molecule has 5 nitrogen and oxygen atoms in total. The van der Waals surface area contributed by atoms with Gasteiger partial charge >= 0.3 is 0 Å². The first kappa shape index (κ1) is 29.6. The zero-order valence-corrected chi connectivity index (χ0v) is 27.9. The fourth-order valence-corrected chi connectivity index (χ4v) is 7.48. The molecule has 3 aromatic heterocycles. The van der Waals surface area contributed by atoms with E-state index in [4.69, 9.17) is 21.0 Å². The molecule has 10 rings (SSSR count). The molecule has 0 aliphatic rings. The van der Waals surface area contributed by atoms with Crippen molar-refractivity contribution in [2.45, 2.75) is 0 Å². The van der Waals surface area contributed by atoms with E-state index >= 15 is 0 Å². The molecule has 0 bridgehead atoms. The SMILES string of the molecule is [C-]#[N+]c1c(-c2ccccc2)nc(-c2ccccc2)nc1-c1ccc2c(c1)oc1ccc(-n3c4ccccc4c4c(-c5ccccc5)cccc43)cc12. The van der Waals surface area contributed by atoms with Gasteiger partial charge in [-0.15, -0.1) is 0 Å². The van der Waals surface area contributed by atoms with Crippen LogP contribution in [0.25, 0.3) is 99.3 Å². The van der Waals surface area contributed by atoms with Crippen molar-refractivity contribution in [1.82, 2.24) is 14.5 Å². The van der Waals surface area contributed by atoms with E-state index in [1.165, 1.54) is 21.9 Å². The van der Waals surface area contributed by atoms with Gasteiger partial charge in [-0.1, -0.05) is 127 Å². The topological polar surface area (TPSA) is 48.2 Å². The average molecular weight is 665 g/mol. The molecule has 3 heterocycles. The van der Waals surface area contributed by atoms with Crippen LogP contribution in [-0.4, -0.2) is 14.5 Å². The number of rotatable bonds is 5. The quantitative estimate of drug-likeness (QED) is 0.172. The summed E-state index contributed by atoms with van der Waals surface area (Å²) in [5.41, 5.74) is 11.4. The highest BCUT2D eigenvalue weighted by molar-refractivity contribution is 6.16. The van der Waals surface area contributed by atoms with Crippen molar-refractivity contribution in [3.05, 3.63) is 181 Å². The summed E-state index contributed by atoms with van der Waals surface area (Å²) in [5.74, 6) is 0.567. The summed E-state index contributed by atoms with van der Waals surface area (Å²) in [6.45, 7) is 8.24. The predicted octanol–water partition coefficient (Wildman–Crippen LogP) is 12.7. The van der Waals surface area contributed by atoms with Gasteiger partial charge in [-0.25, -0.2) is 14.8 Å². The monoisotopic (exact) mass is 664 g/mol. The summed E-state index contributed by atoms with van der Waals surface area (Å²) in [5, 5.41) is 4.46. The summed E-state index contributed by atoms with van der Waals surface area (Å²) in [6, 6.07) is 58.0. The fraction of sp³-hybridized carbons (Fsp3) is 0. The summed E-state index contributed by atoms with van der Waals surface area (Å²) >= 11 is 0. The first-order chi connectivity index (χ1) is 25.7. The minimum atomic E-state index is 0.407. The van der Waals surface area contributed by atoms with E-state index in [1.807, 2.05) is 72.8 Å². The molecule has 0 aliphatic carbocycles. The van der Waals surface area contributed by atoms with Crippen LogP contribution >= 0.6 is 0 Å². The number of para-hydroxylation sites is 1. The highest BCUT2D eigenvalue weighted by Gasteiger charge is 2.21. The Morgan fingerprint density at radius 1 is 0.481 bits per heavy atom. The molecular formula is C47H28N4O. The lowest BCUT2D eigenvalue weighted by Crippen LogP contribution is -1.97. The number of fused-ring (bicyclic) bond motifs is 6. The third-order valence-corrected chi connectivity index (χ3v) is 9.84. The normalized spacial score (nSPS) is 11.4. The Labute approximate surface area is 299 Å². The number of hydrogen-bond donors (Lipinski definition) is 0. The molecule has 0 spiro atoms. The lowest BCUT2D eigenvalue weighted by atomic mass is 9.99. The molecule has 0 saturated carbocycles. The molecule has 0 atom stereocenters. The first-order valence-electron chi connectivity index (χ1n) is 17.2. The number of nitrogens with zero attached hydrogens (tertiary/aromatic N) is 4. The minimum absolute atomic E-state index is 0.407. The molecular weight excluding hydrogens is 637 g/mol. The van der Waals surface area contributed by atoms with Gasteiger partial charge in [0, 0.05) is 32.8 Å². The zero-order valence-electron chi connectivity index (χ0n) is 27.9. The molecule has 0 amide bonds. The molecule has 0 unspecified atom stereocenters. The van der Waals surface area contributed by atoms with Crippen LogP contribution in [0.2, 0.25) is 0 Å². The molecule has 242 valence electrons. The van der Waals surface area contributed by atoms with E-state index < -0.39 is 0 Å². The van der Waals surface area contributed by atoms with Gasteiger partial charge in [-0.2, -0.15) is 0 Å². The second kappa shape index (κ2) is 11.9. The first-order valence-corrected chi connectivity index (χ1v) is 17.2. The Morgan fingerprint density at radius 3 is 1.88 bits per heavy atom. The van der Waals surface area contributed by atoms with E-state index in [-0.39, 0.29) is 0 Å². The Morgan fingerprint density at radius 2 is 1.13 bits per heavy atom. The smallest absolute Gasteiger partial charge is 0.238 e. The Balaban J connectivity index is 1.15. The lowest BCUT2D eigenvalue weighted by molar-refractivity contribution is 0.669. The van der Waals surface area contributed by atoms with Crippen LogP contribution in [0.5, 0.6) is 0 Å². The molecule has 52 heavy (non-hydrogen) atoms. The Bertz CT molecular complexity index is 3010. The van der Waals surface area contributed by atoms with Crippen molar-refractivity contribution in [2.24, 2.45) is 0 Å². The molecule has 0 aliphatic heterocycles. The van der Waals surface area contributed by atoms with Crippen LogP contribution in [0, 0.1) is 6.57 Å². The number of hydrogen-bond acceptors (Lipinski definition) is 3. The standard InChI is InChI=1S/C47H28N4O/c1-48-46-44(31-16-7-3-8-17-31)49-47(32-18-9-4-10-19-32)50-45(46)33-24-26-36-38-29-34(25-27-41(38)52-42(36)28-33)51-39-22-12-11-20-37(39)43-35(21-13-23-40(43)51)30-14-5-2-6-15-30/h2-29H. The largest absolute Gasteiger partial charge is 0.456 e. The van der Waals surface area contributed by atoms with E-state index in [0.29, 0.717) is 22.9 Å². The van der Waals surface area contributed by atoms with Crippen LogP contribution in [0.1, 0.15) is 0 Å². The van der Waals surface area contributed by atoms with Crippen molar-refractivity contribution in [3.8, 4) is 50.7 Å². The Hall–Kier alpha value is -7.29. The van der Waals surface area contributed by atoms with Gasteiger partial charge in [0.15, 0.2) is 5.82 Å². The second-order valence-corrected chi connectivity index (χ2v) is 12.8. The van der Waals surface area contributed by atoms with E-state index in [1.54, 1.807) is 0 Å². The van der Waals surface area contributed by atoms with E-state index in [0.717, 1.165) is 55.3 Å². The molecule has 10 aromatic rings. The zero-order chi connectivity index (χ0) is 34.6. The maximum Gasteiger partial charge on any atom is 0.238 e. The van der Waals surface area contributed by atoms with Crippen LogP contribution in [-0.2, 0) is 0 Å². The van der Waals surface area contributed by atoms with Crippen molar-refractivity contribution < 1.29 is 4.42 Å². The molecule has 0 radical (unpaired) electrons. The summed E-state index contributed by atoms with van der Waals surface area (Å²) in [7, 11) is 0. The summed E-state index contributed by atoms with van der Waals surface area (Å²) < 4.78 is 8.86. The summed E-state index contributed by atoms with van der Waals surface area (Å²) in [6.07, 6.45) is 0. The molecule has 0 N–H and O–H groups in total. The molecule has 5 heteroatoms. The van der Waals surface area contributed by atoms with Crippen LogP contribution in [0.4, 0.5) is 5.69 Å². The highest BCUT2D eigenvalue weighted by Crippen LogP contribution is 2.42. The van der Waals surface area contributed by atoms with Crippen molar-refractivity contribution in [2.75, 3.05) is 0 Å². The van der Waals surface area contributed by atoms with Crippen LogP contribution in [0.3, 0.4) is 0 Å².